The van der Waals surface area contributed by atoms with Crippen molar-refractivity contribution in [2.45, 2.75) is 39.1 Å². The number of ether oxygens (including phenoxy) is 1. The van der Waals surface area contributed by atoms with E-state index in [1.807, 2.05) is 24.3 Å². The Morgan fingerprint density at radius 2 is 1.89 bits per heavy atom. The highest BCUT2D eigenvalue weighted by atomic mass is 16.5. The summed E-state index contributed by atoms with van der Waals surface area (Å²) in [6.07, 6.45) is 2.21. The van der Waals surface area contributed by atoms with Crippen LogP contribution in [0, 0.1) is 0 Å². The molecule has 146 valence electrons. The van der Waals surface area contributed by atoms with Gasteiger partial charge in [-0.3, -0.25) is 14.8 Å². The van der Waals surface area contributed by atoms with E-state index in [0.29, 0.717) is 12.1 Å². The number of carbonyl (C=O) groups excluding carboxylic acids is 1. The van der Waals surface area contributed by atoms with E-state index in [1.54, 1.807) is 6.20 Å². The Labute approximate surface area is 164 Å². The molecule has 6 heteroatoms. The van der Waals surface area contributed by atoms with E-state index in [-0.39, 0.29) is 18.1 Å². The number of hydrogen-bond donors (Lipinski definition) is 2. The molecule has 0 saturated carbocycles. The van der Waals surface area contributed by atoms with Gasteiger partial charge in [-0.25, -0.2) is 0 Å². The van der Waals surface area contributed by atoms with Gasteiger partial charge in [0.1, 0.15) is 0 Å². The number of nitrogens with zero attached hydrogens (tertiary/aromatic N) is 2. The van der Waals surface area contributed by atoms with Crippen LogP contribution in [0.4, 0.5) is 0 Å². The van der Waals surface area contributed by atoms with Crippen molar-refractivity contribution in [2.75, 3.05) is 13.1 Å². The quantitative estimate of drug-likeness (QED) is 0.716. The number of morpholine rings is 1. The lowest BCUT2D eigenvalue weighted by Gasteiger charge is -2.35. The average Bonchev–Trinajstić information content (AvgIpc) is 3.15. The molecular formula is C22H26N4O2. The molecule has 1 aromatic heterocycles. The molecule has 0 spiro atoms. The van der Waals surface area contributed by atoms with Crippen molar-refractivity contribution in [1.82, 2.24) is 20.4 Å². The van der Waals surface area contributed by atoms with Gasteiger partial charge in [0.05, 0.1) is 29.5 Å². The van der Waals surface area contributed by atoms with Crippen molar-refractivity contribution >= 4 is 16.8 Å². The molecule has 1 amide bonds. The van der Waals surface area contributed by atoms with E-state index >= 15 is 0 Å². The highest BCUT2D eigenvalue weighted by molar-refractivity contribution is 6.05. The molecule has 1 aliphatic rings. The zero-order chi connectivity index (χ0) is 19.5. The third-order valence-corrected chi connectivity index (χ3v) is 5.17. The third-order valence-electron chi connectivity index (χ3n) is 5.17. The maximum atomic E-state index is 12.7. The zero-order valence-electron chi connectivity index (χ0n) is 16.3. The monoisotopic (exact) mass is 378 g/mol. The van der Waals surface area contributed by atoms with Gasteiger partial charge in [0.25, 0.3) is 5.91 Å². The number of carbonyl (C=O) groups is 1. The van der Waals surface area contributed by atoms with Crippen LogP contribution in [0.25, 0.3) is 10.9 Å². The second kappa shape index (κ2) is 8.12. The fourth-order valence-corrected chi connectivity index (χ4v) is 3.97. The lowest BCUT2D eigenvalue weighted by molar-refractivity contribution is -0.0705. The summed E-state index contributed by atoms with van der Waals surface area (Å²) >= 11 is 0. The molecule has 1 aliphatic heterocycles. The molecule has 4 rings (SSSR count). The van der Waals surface area contributed by atoms with Crippen LogP contribution in [-0.4, -0.2) is 46.3 Å². The minimum Gasteiger partial charge on any atom is -0.373 e. The van der Waals surface area contributed by atoms with Crippen LogP contribution >= 0.6 is 0 Å². The SMILES string of the molecule is CC1CN(Cc2ccccc2CNC(=O)c2cccc3cn[nH]c23)CC(C)O1. The smallest absolute Gasteiger partial charge is 0.253 e. The van der Waals surface area contributed by atoms with Crippen molar-refractivity contribution in [3.63, 3.8) is 0 Å². The Hall–Kier alpha value is -2.70. The highest BCUT2D eigenvalue weighted by Gasteiger charge is 2.22. The number of amides is 1. The lowest BCUT2D eigenvalue weighted by Crippen LogP contribution is -2.45. The van der Waals surface area contributed by atoms with Gasteiger partial charge in [-0.05, 0) is 31.0 Å². The number of aromatic amines is 1. The van der Waals surface area contributed by atoms with Crippen LogP contribution < -0.4 is 5.32 Å². The van der Waals surface area contributed by atoms with Crippen molar-refractivity contribution in [2.24, 2.45) is 0 Å². The minimum atomic E-state index is -0.0988. The molecule has 1 saturated heterocycles. The minimum absolute atomic E-state index is 0.0988. The molecule has 3 aromatic rings. The van der Waals surface area contributed by atoms with Gasteiger partial charge in [-0.2, -0.15) is 5.10 Å². The molecule has 1 fully saturated rings. The van der Waals surface area contributed by atoms with Crippen LogP contribution in [0.2, 0.25) is 0 Å². The molecule has 2 unspecified atom stereocenters. The van der Waals surface area contributed by atoms with Crippen molar-refractivity contribution < 1.29 is 9.53 Å². The lowest BCUT2D eigenvalue weighted by atomic mass is 10.1. The van der Waals surface area contributed by atoms with E-state index in [1.165, 1.54) is 5.56 Å². The van der Waals surface area contributed by atoms with E-state index in [4.69, 9.17) is 4.74 Å². The summed E-state index contributed by atoms with van der Waals surface area (Å²) in [5.41, 5.74) is 3.76. The van der Waals surface area contributed by atoms with Crippen LogP contribution in [0.5, 0.6) is 0 Å². The molecule has 0 radical (unpaired) electrons. The molecule has 28 heavy (non-hydrogen) atoms. The predicted octanol–water partition coefficient (Wildman–Crippen LogP) is 3.10. The molecule has 2 aromatic carbocycles. The van der Waals surface area contributed by atoms with Gasteiger partial charge in [0.15, 0.2) is 0 Å². The fraction of sp³-hybridized carbons (Fsp3) is 0.364. The van der Waals surface area contributed by atoms with Gasteiger partial charge in [-0.1, -0.05) is 36.4 Å². The van der Waals surface area contributed by atoms with Crippen molar-refractivity contribution in [3.8, 4) is 0 Å². The summed E-state index contributed by atoms with van der Waals surface area (Å²) in [6, 6.07) is 13.9. The van der Waals surface area contributed by atoms with E-state index < -0.39 is 0 Å². The van der Waals surface area contributed by atoms with Crippen molar-refractivity contribution in [3.05, 3.63) is 65.4 Å². The maximum absolute atomic E-state index is 12.7. The summed E-state index contributed by atoms with van der Waals surface area (Å²) in [4.78, 5) is 15.2. The number of hydrogen-bond acceptors (Lipinski definition) is 4. The van der Waals surface area contributed by atoms with E-state index in [2.05, 4.69) is 52.5 Å². The first-order valence-electron chi connectivity index (χ1n) is 9.75. The van der Waals surface area contributed by atoms with Gasteiger partial charge in [0.2, 0.25) is 0 Å². The number of fused-ring (bicyclic) bond motifs is 1. The highest BCUT2D eigenvalue weighted by Crippen LogP contribution is 2.18. The van der Waals surface area contributed by atoms with E-state index in [0.717, 1.165) is 36.1 Å². The first-order chi connectivity index (χ1) is 13.6. The second-order valence-electron chi connectivity index (χ2n) is 7.54. The Morgan fingerprint density at radius 1 is 1.14 bits per heavy atom. The first kappa shape index (κ1) is 18.7. The van der Waals surface area contributed by atoms with Crippen LogP contribution in [0.1, 0.15) is 35.3 Å². The summed E-state index contributed by atoms with van der Waals surface area (Å²) in [7, 11) is 0. The summed E-state index contributed by atoms with van der Waals surface area (Å²) < 4.78 is 5.83. The first-order valence-corrected chi connectivity index (χ1v) is 9.75. The summed E-state index contributed by atoms with van der Waals surface area (Å²) in [5, 5.41) is 10.9. The molecule has 6 nitrogen and oxygen atoms in total. The van der Waals surface area contributed by atoms with E-state index in [9.17, 15) is 4.79 Å². The Balaban J connectivity index is 1.45. The van der Waals surface area contributed by atoms with Gasteiger partial charge >= 0.3 is 0 Å². The summed E-state index contributed by atoms with van der Waals surface area (Å²) in [5.74, 6) is -0.0988. The van der Waals surface area contributed by atoms with Crippen LogP contribution in [0.3, 0.4) is 0 Å². The molecule has 0 aliphatic carbocycles. The predicted molar refractivity (Wildman–Crippen MR) is 109 cm³/mol. The Morgan fingerprint density at radius 3 is 2.68 bits per heavy atom. The van der Waals surface area contributed by atoms with Gasteiger partial charge < -0.3 is 10.1 Å². The number of para-hydroxylation sites is 1. The zero-order valence-corrected chi connectivity index (χ0v) is 16.3. The number of H-pyrrole nitrogens is 1. The number of aromatic nitrogens is 2. The average molecular weight is 378 g/mol. The molecule has 2 heterocycles. The van der Waals surface area contributed by atoms with Crippen LogP contribution in [0.15, 0.2) is 48.7 Å². The number of rotatable bonds is 5. The second-order valence-corrected chi connectivity index (χ2v) is 7.54. The molecule has 2 N–H and O–H groups in total. The number of benzene rings is 2. The normalized spacial score (nSPS) is 20.4. The molecular weight excluding hydrogens is 352 g/mol. The number of nitrogens with one attached hydrogen (secondary N) is 2. The Bertz CT molecular complexity index is 958. The largest absolute Gasteiger partial charge is 0.373 e. The third kappa shape index (κ3) is 4.08. The molecule has 0 bridgehead atoms. The standard InChI is InChI=1S/C22H26N4O2/c1-15-12-26(13-16(2)28-15)14-19-7-4-3-6-17(19)10-23-22(27)20-9-5-8-18-11-24-25-21(18)20/h3-9,11,15-16H,10,12-14H2,1-2H3,(H,23,27)(H,24,25). The van der Waals surface area contributed by atoms with Crippen LogP contribution in [-0.2, 0) is 17.8 Å². The molecule has 2 atom stereocenters. The Kier molecular flexibility index (Phi) is 5.41. The van der Waals surface area contributed by atoms with Gasteiger partial charge in [0, 0.05) is 31.6 Å². The maximum Gasteiger partial charge on any atom is 0.253 e. The van der Waals surface area contributed by atoms with Crippen molar-refractivity contribution in [1.29, 1.82) is 0 Å². The van der Waals surface area contributed by atoms with Gasteiger partial charge in [-0.15, -0.1) is 0 Å². The topological polar surface area (TPSA) is 70.2 Å². The fourth-order valence-electron chi connectivity index (χ4n) is 3.97. The summed E-state index contributed by atoms with van der Waals surface area (Å²) in [6.45, 7) is 7.44.